The SMILES string of the molecule is CC1(CN)CCN(CC(=O)N2CCCC3CCCCC32)C1.Cl. The molecule has 2 saturated heterocycles. The van der Waals surface area contributed by atoms with Gasteiger partial charge in [0.25, 0.3) is 0 Å². The minimum absolute atomic E-state index is 0. The number of halogens is 1. The molecule has 2 heterocycles. The Bertz CT molecular complexity index is 390. The highest BCUT2D eigenvalue weighted by Gasteiger charge is 2.38. The van der Waals surface area contributed by atoms with Gasteiger partial charge in [-0.1, -0.05) is 19.8 Å². The molecule has 0 aromatic rings. The second kappa shape index (κ2) is 7.50. The van der Waals surface area contributed by atoms with Gasteiger partial charge in [0.15, 0.2) is 0 Å². The molecule has 3 fully saturated rings. The quantitative estimate of drug-likeness (QED) is 0.864. The number of nitrogens with zero attached hydrogens (tertiary/aromatic N) is 2. The molecule has 0 radical (unpaired) electrons. The van der Waals surface area contributed by atoms with Crippen molar-refractivity contribution < 1.29 is 4.79 Å². The van der Waals surface area contributed by atoms with Crippen molar-refractivity contribution in [1.82, 2.24) is 9.80 Å². The zero-order valence-electron chi connectivity index (χ0n) is 13.9. The van der Waals surface area contributed by atoms with Crippen LogP contribution in [-0.4, -0.2) is 54.5 Å². The second-order valence-electron chi connectivity index (χ2n) is 7.82. The molecule has 1 amide bonds. The first-order chi connectivity index (χ1) is 10.1. The van der Waals surface area contributed by atoms with Gasteiger partial charge in [0, 0.05) is 19.1 Å². The number of likely N-dealkylation sites (tertiary alicyclic amines) is 2. The van der Waals surface area contributed by atoms with Crippen LogP contribution in [0.25, 0.3) is 0 Å². The van der Waals surface area contributed by atoms with E-state index in [1.165, 1.54) is 38.5 Å². The summed E-state index contributed by atoms with van der Waals surface area (Å²) in [5, 5.41) is 0. The summed E-state index contributed by atoms with van der Waals surface area (Å²) in [5.41, 5.74) is 6.09. The van der Waals surface area contributed by atoms with Crippen molar-refractivity contribution in [3.05, 3.63) is 0 Å². The molecule has 0 bridgehead atoms. The molecule has 22 heavy (non-hydrogen) atoms. The third-order valence-electron chi connectivity index (χ3n) is 6.05. The molecular weight excluding hydrogens is 298 g/mol. The number of hydrogen-bond acceptors (Lipinski definition) is 3. The van der Waals surface area contributed by atoms with Gasteiger partial charge in [-0.05, 0) is 56.5 Å². The number of carbonyl (C=O) groups excluding carboxylic acids is 1. The van der Waals surface area contributed by atoms with E-state index in [9.17, 15) is 4.79 Å². The summed E-state index contributed by atoms with van der Waals surface area (Å²) in [4.78, 5) is 17.3. The Morgan fingerprint density at radius 2 is 1.91 bits per heavy atom. The number of nitrogens with two attached hydrogens (primary N) is 1. The average molecular weight is 330 g/mol. The predicted molar refractivity (Wildman–Crippen MR) is 92.2 cm³/mol. The van der Waals surface area contributed by atoms with Gasteiger partial charge < -0.3 is 10.6 Å². The van der Waals surface area contributed by atoms with Gasteiger partial charge in [0.2, 0.25) is 5.91 Å². The summed E-state index contributed by atoms with van der Waals surface area (Å²) in [7, 11) is 0. The number of hydrogen-bond donors (Lipinski definition) is 1. The van der Waals surface area contributed by atoms with Crippen LogP contribution in [0, 0.1) is 11.3 Å². The molecule has 2 aliphatic heterocycles. The highest BCUT2D eigenvalue weighted by molar-refractivity contribution is 5.85. The fourth-order valence-electron chi connectivity index (χ4n) is 4.64. The van der Waals surface area contributed by atoms with Crippen LogP contribution in [0.15, 0.2) is 0 Å². The normalized spacial score (nSPS) is 35.8. The zero-order valence-corrected chi connectivity index (χ0v) is 14.7. The Kier molecular flexibility index (Phi) is 6.14. The molecule has 0 spiro atoms. The van der Waals surface area contributed by atoms with Crippen molar-refractivity contribution in [3.8, 4) is 0 Å². The maximum atomic E-state index is 12.8. The summed E-state index contributed by atoms with van der Waals surface area (Å²) in [6.07, 6.45) is 8.91. The van der Waals surface area contributed by atoms with Crippen molar-refractivity contribution >= 4 is 18.3 Å². The Labute approximate surface area is 141 Å². The van der Waals surface area contributed by atoms with E-state index in [0.29, 0.717) is 18.5 Å². The van der Waals surface area contributed by atoms with E-state index in [1.54, 1.807) is 0 Å². The molecule has 3 aliphatic rings. The summed E-state index contributed by atoms with van der Waals surface area (Å²) in [6, 6.07) is 0.545. The van der Waals surface area contributed by atoms with E-state index < -0.39 is 0 Å². The lowest BCUT2D eigenvalue weighted by atomic mass is 9.78. The third-order valence-corrected chi connectivity index (χ3v) is 6.05. The monoisotopic (exact) mass is 329 g/mol. The number of piperidine rings is 1. The first-order valence-corrected chi connectivity index (χ1v) is 8.83. The lowest BCUT2D eigenvalue weighted by Crippen LogP contribution is -2.52. The van der Waals surface area contributed by atoms with Crippen LogP contribution in [0.2, 0.25) is 0 Å². The van der Waals surface area contributed by atoms with Crippen LogP contribution in [0.1, 0.15) is 51.9 Å². The fourth-order valence-corrected chi connectivity index (χ4v) is 4.64. The summed E-state index contributed by atoms with van der Waals surface area (Å²) >= 11 is 0. The van der Waals surface area contributed by atoms with Crippen LogP contribution in [-0.2, 0) is 4.79 Å². The molecule has 1 saturated carbocycles. The number of fused-ring (bicyclic) bond motifs is 1. The molecule has 1 aliphatic carbocycles. The van der Waals surface area contributed by atoms with Crippen molar-refractivity contribution in [3.63, 3.8) is 0 Å². The first kappa shape index (κ1) is 18.0. The number of amides is 1. The van der Waals surface area contributed by atoms with Gasteiger partial charge in [0.1, 0.15) is 0 Å². The predicted octanol–water partition coefficient (Wildman–Crippen LogP) is 2.26. The molecule has 0 aromatic carbocycles. The van der Waals surface area contributed by atoms with Crippen LogP contribution in [0.5, 0.6) is 0 Å². The van der Waals surface area contributed by atoms with Gasteiger partial charge in [-0.25, -0.2) is 0 Å². The van der Waals surface area contributed by atoms with Gasteiger partial charge in [-0.3, -0.25) is 9.69 Å². The molecule has 4 nitrogen and oxygen atoms in total. The second-order valence-corrected chi connectivity index (χ2v) is 7.82. The van der Waals surface area contributed by atoms with Crippen LogP contribution < -0.4 is 5.73 Å². The van der Waals surface area contributed by atoms with Gasteiger partial charge in [-0.15, -0.1) is 12.4 Å². The highest BCUT2D eigenvalue weighted by atomic mass is 35.5. The molecule has 2 N–H and O–H groups in total. The van der Waals surface area contributed by atoms with Crippen molar-refractivity contribution in [2.75, 3.05) is 32.7 Å². The molecule has 3 atom stereocenters. The molecular formula is C17H32ClN3O. The maximum Gasteiger partial charge on any atom is 0.237 e. The lowest BCUT2D eigenvalue weighted by molar-refractivity contribution is -0.138. The Balaban J connectivity index is 0.00000176. The average Bonchev–Trinajstić information content (AvgIpc) is 2.88. The van der Waals surface area contributed by atoms with E-state index in [4.69, 9.17) is 5.73 Å². The summed E-state index contributed by atoms with van der Waals surface area (Å²) in [5.74, 6) is 1.15. The minimum Gasteiger partial charge on any atom is -0.338 e. The zero-order chi connectivity index (χ0) is 14.9. The lowest BCUT2D eigenvalue weighted by Gasteiger charge is -2.44. The van der Waals surface area contributed by atoms with Crippen molar-refractivity contribution in [2.24, 2.45) is 17.1 Å². The van der Waals surface area contributed by atoms with Gasteiger partial charge in [0.05, 0.1) is 6.54 Å². The fraction of sp³-hybridized carbons (Fsp3) is 0.941. The van der Waals surface area contributed by atoms with Crippen molar-refractivity contribution in [1.29, 1.82) is 0 Å². The topological polar surface area (TPSA) is 49.6 Å². The number of rotatable bonds is 3. The molecule has 3 unspecified atom stereocenters. The van der Waals surface area contributed by atoms with E-state index in [-0.39, 0.29) is 17.8 Å². The smallest absolute Gasteiger partial charge is 0.237 e. The maximum absolute atomic E-state index is 12.8. The molecule has 3 rings (SSSR count). The van der Waals surface area contributed by atoms with Gasteiger partial charge in [-0.2, -0.15) is 0 Å². The first-order valence-electron chi connectivity index (χ1n) is 8.83. The largest absolute Gasteiger partial charge is 0.338 e. The van der Waals surface area contributed by atoms with Crippen LogP contribution in [0.4, 0.5) is 0 Å². The van der Waals surface area contributed by atoms with E-state index >= 15 is 0 Å². The Hall–Kier alpha value is -0.320. The highest BCUT2D eigenvalue weighted by Crippen LogP contribution is 2.35. The standard InChI is InChI=1S/C17H31N3O.ClH/c1-17(12-18)8-10-19(13-17)11-16(21)20-9-4-6-14-5-2-3-7-15(14)20;/h14-15H,2-13,18H2,1H3;1H. The number of carbonyl (C=O) groups is 1. The van der Waals surface area contributed by atoms with Crippen molar-refractivity contribution in [2.45, 2.75) is 57.9 Å². The Morgan fingerprint density at radius 1 is 1.18 bits per heavy atom. The van der Waals surface area contributed by atoms with E-state index in [1.807, 2.05) is 0 Å². The molecule has 128 valence electrons. The summed E-state index contributed by atoms with van der Waals surface area (Å²) in [6.45, 7) is 6.58. The molecule has 5 heteroatoms. The third kappa shape index (κ3) is 3.77. The minimum atomic E-state index is 0. The Morgan fingerprint density at radius 3 is 2.64 bits per heavy atom. The van der Waals surface area contributed by atoms with Gasteiger partial charge >= 0.3 is 0 Å². The van der Waals surface area contributed by atoms with Crippen LogP contribution in [0.3, 0.4) is 0 Å². The van der Waals surface area contributed by atoms with Crippen LogP contribution >= 0.6 is 12.4 Å². The summed E-state index contributed by atoms with van der Waals surface area (Å²) < 4.78 is 0. The van der Waals surface area contributed by atoms with E-state index in [2.05, 4.69) is 16.7 Å². The van der Waals surface area contributed by atoms with E-state index in [0.717, 1.165) is 38.5 Å². The molecule has 0 aromatic heterocycles.